The van der Waals surface area contributed by atoms with Crippen LogP contribution < -0.4 is 5.73 Å². The van der Waals surface area contributed by atoms with E-state index < -0.39 is 17.7 Å². The third-order valence-corrected chi connectivity index (χ3v) is 6.07. The van der Waals surface area contributed by atoms with Crippen LogP contribution in [-0.2, 0) is 15.8 Å². The van der Waals surface area contributed by atoms with Crippen molar-refractivity contribution >= 4 is 51.9 Å². The number of amides is 1. The van der Waals surface area contributed by atoms with Crippen LogP contribution in [0.5, 0.6) is 0 Å². The smallest absolute Gasteiger partial charge is 0.416 e. The van der Waals surface area contributed by atoms with E-state index in [1.807, 2.05) is 0 Å². The van der Waals surface area contributed by atoms with Gasteiger partial charge in [0.25, 0.3) is 5.91 Å². The van der Waals surface area contributed by atoms with Crippen LogP contribution in [-0.4, -0.2) is 32.7 Å². The first-order chi connectivity index (χ1) is 15.1. The molecular weight excluding hydrogens is 465 g/mol. The van der Waals surface area contributed by atoms with Gasteiger partial charge in [-0.25, -0.2) is 0 Å². The lowest BCUT2D eigenvalue weighted by Crippen LogP contribution is -2.29. The van der Waals surface area contributed by atoms with Crippen molar-refractivity contribution in [2.24, 2.45) is 0 Å². The van der Waals surface area contributed by atoms with Crippen LogP contribution in [0.4, 0.5) is 18.9 Å². The van der Waals surface area contributed by atoms with Gasteiger partial charge in [-0.1, -0.05) is 30.4 Å². The van der Waals surface area contributed by atoms with E-state index in [1.165, 1.54) is 29.2 Å². The summed E-state index contributed by atoms with van der Waals surface area (Å²) in [6.07, 6.45) is -1.16. The first-order valence-corrected chi connectivity index (χ1v) is 10.8. The molecule has 1 fully saturated rings. The molecule has 0 spiro atoms. The standard InChI is InChI=1S/C21H19F3N2O4S2/c22-21(23,24)12-5-7-15(25)14(10-12)16-8-6-13(30-16)11-17-19(29)26(20(31)32-17)9-3-1-2-4-18(27)28/h5-8,10-11H,1-4,9,25H2,(H,27,28). The number of rotatable bonds is 8. The van der Waals surface area contributed by atoms with E-state index in [-0.39, 0.29) is 35.1 Å². The molecule has 0 saturated carbocycles. The maximum absolute atomic E-state index is 13.0. The molecule has 11 heteroatoms. The number of benzene rings is 1. The number of unbranched alkanes of at least 4 members (excludes halogenated alkanes) is 2. The van der Waals surface area contributed by atoms with E-state index in [4.69, 9.17) is 27.5 Å². The van der Waals surface area contributed by atoms with Crippen molar-refractivity contribution in [3.05, 3.63) is 46.6 Å². The summed E-state index contributed by atoms with van der Waals surface area (Å²) in [6.45, 7) is 0.381. The Balaban J connectivity index is 1.71. The lowest BCUT2D eigenvalue weighted by molar-refractivity contribution is -0.138. The summed E-state index contributed by atoms with van der Waals surface area (Å²) in [4.78, 5) is 25.0. The van der Waals surface area contributed by atoms with Gasteiger partial charge in [-0.2, -0.15) is 13.2 Å². The summed E-state index contributed by atoms with van der Waals surface area (Å²) in [7, 11) is 0. The summed E-state index contributed by atoms with van der Waals surface area (Å²) in [5, 5.41) is 8.66. The van der Waals surface area contributed by atoms with Crippen LogP contribution >= 0.6 is 24.0 Å². The number of anilines is 1. The third kappa shape index (κ3) is 5.71. The minimum atomic E-state index is -4.51. The van der Waals surface area contributed by atoms with E-state index in [2.05, 4.69) is 0 Å². The molecule has 1 aliphatic rings. The van der Waals surface area contributed by atoms with Crippen molar-refractivity contribution in [1.29, 1.82) is 0 Å². The van der Waals surface area contributed by atoms with Crippen LogP contribution in [0, 0.1) is 0 Å². The number of hydrogen-bond donors (Lipinski definition) is 2. The van der Waals surface area contributed by atoms with Crippen LogP contribution in [0.25, 0.3) is 17.4 Å². The fourth-order valence-electron chi connectivity index (χ4n) is 3.07. The number of thioether (sulfide) groups is 1. The Bertz CT molecular complexity index is 1080. The Morgan fingerprint density at radius 3 is 2.66 bits per heavy atom. The van der Waals surface area contributed by atoms with Crippen molar-refractivity contribution < 1.29 is 32.3 Å². The molecule has 0 aliphatic carbocycles. The molecule has 1 aromatic heterocycles. The molecule has 0 unspecified atom stereocenters. The summed E-state index contributed by atoms with van der Waals surface area (Å²) >= 11 is 6.36. The average Bonchev–Trinajstić information content (AvgIpc) is 3.26. The normalized spacial score (nSPS) is 15.7. The second-order valence-electron chi connectivity index (χ2n) is 7.04. The molecule has 1 saturated heterocycles. The Morgan fingerprint density at radius 2 is 1.97 bits per heavy atom. The summed E-state index contributed by atoms with van der Waals surface area (Å²) in [5.74, 6) is -0.731. The van der Waals surface area contributed by atoms with E-state index >= 15 is 0 Å². The molecule has 3 rings (SSSR count). The van der Waals surface area contributed by atoms with Gasteiger partial charge in [-0.3, -0.25) is 14.5 Å². The number of carboxylic acids is 1. The number of nitrogens with two attached hydrogens (primary N) is 1. The molecule has 2 aromatic rings. The third-order valence-electron chi connectivity index (χ3n) is 4.69. The minimum absolute atomic E-state index is 0.0789. The number of thiocarbonyl (C=S) groups is 1. The number of alkyl halides is 3. The van der Waals surface area contributed by atoms with Crippen molar-refractivity contribution in [2.45, 2.75) is 31.9 Å². The van der Waals surface area contributed by atoms with Gasteiger partial charge >= 0.3 is 12.1 Å². The average molecular weight is 485 g/mol. The predicted octanol–water partition coefficient (Wildman–Crippen LogP) is 5.39. The molecular formula is C21H19F3N2O4S2. The largest absolute Gasteiger partial charge is 0.481 e. The number of hydrogen-bond acceptors (Lipinski definition) is 6. The van der Waals surface area contributed by atoms with Gasteiger partial charge < -0.3 is 15.3 Å². The second kappa shape index (κ2) is 9.78. The van der Waals surface area contributed by atoms with Gasteiger partial charge in [0.05, 0.1) is 10.5 Å². The van der Waals surface area contributed by atoms with Gasteiger partial charge in [-0.05, 0) is 43.2 Å². The number of furan rings is 1. The highest BCUT2D eigenvalue weighted by atomic mass is 32.2. The Kier molecular flexibility index (Phi) is 7.29. The zero-order chi connectivity index (χ0) is 23.5. The first kappa shape index (κ1) is 23.9. The Morgan fingerprint density at radius 1 is 1.22 bits per heavy atom. The molecule has 0 radical (unpaired) electrons. The van der Waals surface area contributed by atoms with Crippen LogP contribution in [0.2, 0.25) is 0 Å². The monoisotopic (exact) mass is 484 g/mol. The van der Waals surface area contributed by atoms with Crippen molar-refractivity contribution in [2.75, 3.05) is 12.3 Å². The maximum atomic E-state index is 13.0. The molecule has 3 N–H and O–H groups in total. The predicted molar refractivity (Wildman–Crippen MR) is 120 cm³/mol. The van der Waals surface area contributed by atoms with Crippen molar-refractivity contribution in [1.82, 2.24) is 4.90 Å². The summed E-state index contributed by atoms with van der Waals surface area (Å²) in [5.41, 5.74) is 5.22. The molecule has 6 nitrogen and oxygen atoms in total. The molecule has 170 valence electrons. The van der Waals surface area contributed by atoms with Crippen LogP contribution in [0.1, 0.15) is 37.0 Å². The number of carbonyl (C=O) groups is 2. The van der Waals surface area contributed by atoms with Crippen molar-refractivity contribution in [3.63, 3.8) is 0 Å². The van der Waals surface area contributed by atoms with Gasteiger partial charge in [-0.15, -0.1) is 0 Å². The molecule has 32 heavy (non-hydrogen) atoms. The number of carboxylic acid groups (broad SMARTS) is 1. The van der Waals surface area contributed by atoms with Crippen LogP contribution in [0.3, 0.4) is 0 Å². The van der Waals surface area contributed by atoms with Gasteiger partial charge in [0.2, 0.25) is 0 Å². The van der Waals surface area contributed by atoms with E-state index in [1.54, 1.807) is 0 Å². The Labute approximate surface area is 191 Å². The molecule has 1 amide bonds. The lowest BCUT2D eigenvalue weighted by Gasteiger charge is -2.13. The number of halogens is 3. The number of nitrogen functional groups attached to an aromatic ring is 1. The van der Waals surface area contributed by atoms with Gasteiger partial charge in [0.15, 0.2) is 0 Å². The molecule has 0 atom stereocenters. The summed E-state index contributed by atoms with van der Waals surface area (Å²) < 4.78 is 45.0. The number of carbonyl (C=O) groups excluding carboxylic acids is 1. The second-order valence-corrected chi connectivity index (χ2v) is 8.72. The van der Waals surface area contributed by atoms with Crippen molar-refractivity contribution in [3.8, 4) is 11.3 Å². The van der Waals surface area contributed by atoms with E-state index in [9.17, 15) is 22.8 Å². The maximum Gasteiger partial charge on any atom is 0.416 e. The minimum Gasteiger partial charge on any atom is -0.481 e. The zero-order valence-corrected chi connectivity index (χ0v) is 18.3. The lowest BCUT2D eigenvalue weighted by atomic mass is 10.1. The topological polar surface area (TPSA) is 96.8 Å². The highest BCUT2D eigenvalue weighted by Crippen LogP contribution is 2.37. The van der Waals surface area contributed by atoms with Gasteiger partial charge in [0, 0.05) is 30.3 Å². The molecule has 1 aliphatic heterocycles. The highest BCUT2D eigenvalue weighted by Gasteiger charge is 2.32. The summed E-state index contributed by atoms with van der Waals surface area (Å²) in [6, 6.07) is 6.01. The highest BCUT2D eigenvalue weighted by molar-refractivity contribution is 8.26. The number of nitrogens with zero attached hydrogens (tertiary/aromatic N) is 1. The van der Waals surface area contributed by atoms with Gasteiger partial charge in [0.1, 0.15) is 15.8 Å². The Hall–Kier alpha value is -2.79. The van der Waals surface area contributed by atoms with Crippen LogP contribution in [0.15, 0.2) is 39.7 Å². The SMILES string of the molecule is Nc1ccc(C(F)(F)F)cc1-c1ccc(C=C2SC(=S)N(CCCCCC(=O)O)C2=O)o1. The van der Waals surface area contributed by atoms with E-state index in [0.29, 0.717) is 35.0 Å². The number of aliphatic carboxylic acids is 1. The zero-order valence-electron chi connectivity index (χ0n) is 16.6. The molecule has 2 heterocycles. The fourth-order valence-corrected chi connectivity index (χ4v) is 4.35. The molecule has 1 aromatic carbocycles. The molecule has 0 bridgehead atoms. The quantitative estimate of drug-likeness (QED) is 0.224. The van der Waals surface area contributed by atoms with E-state index in [0.717, 1.165) is 23.9 Å². The first-order valence-electron chi connectivity index (χ1n) is 9.60. The fraction of sp³-hybridized carbons (Fsp3) is 0.286.